The monoisotopic (exact) mass is 308 g/mol. The minimum absolute atomic E-state index is 0. The highest BCUT2D eigenvalue weighted by Crippen LogP contribution is 2.12. The first-order chi connectivity index (χ1) is 9.54. The highest BCUT2D eigenvalue weighted by Gasteiger charge is 2.04. The van der Waals surface area contributed by atoms with E-state index in [1.807, 2.05) is 0 Å². The number of amides is 2. The fourth-order valence-electron chi connectivity index (χ4n) is 1.61. The number of hydrogen-bond acceptors (Lipinski definition) is 2. The summed E-state index contributed by atoms with van der Waals surface area (Å²) < 4.78 is 12.7. The van der Waals surface area contributed by atoms with Crippen LogP contribution in [0.2, 0.25) is 0 Å². The van der Waals surface area contributed by atoms with Crippen molar-refractivity contribution in [2.24, 2.45) is 0 Å². The zero-order chi connectivity index (χ0) is 14.5. The molecule has 0 aliphatic heterocycles. The molecule has 0 bridgehead atoms. The molecule has 0 aliphatic rings. The molecular weight excluding hydrogens is 295 g/mol. The van der Waals surface area contributed by atoms with Gasteiger partial charge in [-0.25, -0.2) is 9.18 Å². The van der Waals surface area contributed by atoms with Gasteiger partial charge in [0.2, 0.25) is 0 Å². The van der Waals surface area contributed by atoms with Gasteiger partial charge in [-0.1, -0.05) is 0 Å². The van der Waals surface area contributed by atoms with Crippen molar-refractivity contribution in [3.8, 4) is 0 Å². The summed E-state index contributed by atoms with van der Waals surface area (Å²) in [6.45, 7) is 1.48. The van der Waals surface area contributed by atoms with Crippen molar-refractivity contribution in [2.45, 2.75) is 6.92 Å². The van der Waals surface area contributed by atoms with Crippen LogP contribution in [-0.2, 0) is 0 Å². The van der Waals surface area contributed by atoms with Crippen molar-refractivity contribution in [2.75, 3.05) is 10.6 Å². The molecule has 110 valence electrons. The quantitative estimate of drug-likeness (QED) is 0.839. The Hall–Kier alpha value is -2.40. The number of carbonyl (C=O) groups is 2. The smallest absolute Gasteiger partial charge is 0.308 e. The fraction of sp³-hybridized carbons (Fsp3) is 0.0667. The molecule has 0 aliphatic carbocycles. The van der Waals surface area contributed by atoms with E-state index in [0.29, 0.717) is 16.9 Å². The van der Waals surface area contributed by atoms with Crippen LogP contribution in [0, 0.1) is 5.82 Å². The Morgan fingerprint density at radius 2 is 1.29 bits per heavy atom. The molecule has 0 unspecified atom stereocenters. The van der Waals surface area contributed by atoms with Crippen LogP contribution >= 0.6 is 12.4 Å². The van der Waals surface area contributed by atoms with Crippen molar-refractivity contribution in [3.63, 3.8) is 0 Å². The van der Waals surface area contributed by atoms with Gasteiger partial charge in [0.25, 0.3) is 0 Å². The van der Waals surface area contributed by atoms with E-state index in [1.165, 1.54) is 31.2 Å². The largest absolute Gasteiger partial charge is 0.323 e. The van der Waals surface area contributed by atoms with E-state index in [4.69, 9.17) is 0 Å². The van der Waals surface area contributed by atoms with Crippen LogP contribution in [0.25, 0.3) is 0 Å². The highest BCUT2D eigenvalue weighted by molar-refractivity contribution is 6.00. The molecule has 21 heavy (non-hydrogen) atoms. The standard InChI is InChI=1S/C15H13FN2O2.ClH/c1-10(19)11-2-6-13(7-3-11)17-15(20)18-14-8-4-12(16)5-9-14;/h2-9H,1H3,(H2,17,18,20);1H. The molecule has 0 fully saturated rings. The van der Waals surface area contributed by atoms with Gasteiger partial charge in [-0.15, -0.1) is 12.4 Å². The lowest BCUT2D eigenvalue weighted by Crippen LogP contribution is -2.19. The molecule has 0 saturated heterocycles. The molecule has 0 saturated carbocycles. The first-order valence-electron chi connectivity index (χ1n) is 5.99. The first kappa shape index (κ1) is 16.7. The third-order valence-electron chi connectivity index (χ3n) is 2.65. The summed E-state index contributed by atoms with van der Waals surface area (Å²) in [5.74, 6) is -0.400. The average molecular weight is 309 g/mol. The summed E-state index contributed by atoms with van der Waals surface area (Å²) in [5, 5.41) is 5.19. The van der Waals surface area contributed by atoms with Crippen LogP contribution in [0.3, 0.4) is 0 Å². The predicted molar refractivity (Wildman–Crippen MR) is 82.7 cm³/mol. The van der Waals surface area contributed by atoms with E-state index in [0.717, 1.165) is 0 Å². The highest BCUT2D eigenvalue weighted by atomic mass is 35.5. The van der Waals surface area contributed by atoms with Gasteiger partial charge in [-0.2, -0.15) is 0 Å². The van der Waals surface area contributed by atoms with Gasteiger partial charge in [0, 0.05) is 16.9 Å². The topological polar surface area (TPSA) is 58.2 Å². The molecule has 0 spiro atoms. The summed E-state index contributed by atoms with van der Waals surface area (Å²) >= 11 is 0. The van der Waals surface area contributed by atoms with Crippen LogP contribution in [0.5, 0.6) is 0 Å². The van der Waals surface area contributed by atoms with Crippen LogP contribution in [-0.4, -0.2) is 11.8 Å². The lowest BCUT2D eigenvalue weighted by Gasteiger charge is -2.08. The van der Waals surface area contributed by atoms with Crippen molar-refractivity contribution < 1.29 is 14.0 Å². The number of ketones is 1. The Morgan fingerprint density at radius 3 is 1.71 bits per heavy atom. The molecule has 2 rings (SSSR count). The number of rotatable bonds is 3. The molecule has 2 aromatic rings. The second kappa shape index (κ2) is 7.40. The molecule has 2 N–H and O–H groups in total. The van der Waals surface area contributed by atoms with E-state index in [-0.39, 0.29) is 24.0 Å². The zero-order valence-corrected chi connectivity index (χ0v) is 12.0. The van der Waals surface area contributed by atoms with Gasteiger partial charge in [0.1, 0.15) is 5.82 Å². The number of anilines is 2. The van der Waals surface area contributed by atoms with Gasteiger partial charge in [0.05, 0.1) is 0 Å². The van der Waals surface area contributed by atoms with Crippen LogP contribution in [0.15, 0.2) is 48.5 Å². The fourth-order valence-corrected chi connectivity index (χ4v) is 1.61. The predicted octanol–water partition coefficient (Wildman–Crippen LogP) is 4.09. The van der Waals surface area contributed by atoms with Crippen molar-refractivity contribution >= 4 is 35.6 Å². The molecule has 0 aromatic heterocycles. The van der Waals surface area contributed by atoms with Crippen LogP contribution < -0.4 is 10.6 Å². The minimum atomic E-state index is -0.438. The summed E-state index contributed by atoms with van der Waals surface area (Å²) in [4.78, 5) is 22.8. The number of benzene rings is 2. The zero-order valence-electron chi connectivity index (χ0n) is 11.2. The maximum absolute atomic E-state index is 12.7. The molecule has 2 aromatic carbocycles. The number of urea groups is 1. The van der Waals surface area contributed by atoms with Crippen LogP contribution in [0.1, 0.15) is 17.3 Å². The van der Waals surface area contributed by atoms with E-state index < -0.39 is 6.03 Å². The normalized spacial score (nSPS) is 9.43. The summed E-state index contributed by atoms with van der Waals surface area (Å²) in [6.07, 6.45) is 0. The lowest BCUT2D eigenvalue weighted by molar-refractivity contribution is 0.101. The average Bonchev–Trinajstić information content (AvgIpc) is 2.42. The van der Waals surface area contributed by atoms with Crippen molar-refractivity contribution in [1.29, 1.82) is 0 Å². The SMILES string of the molecule is CC(=O)c1ccc(NC(=O)Nc2ccc(F)cc2)cc1.Cl. The Morgan fingerprint density at radius 1 is 0.857 bits per heavy atom. The maximum atomic E-state index is 12.7. The third kappa shape index (κ3) is 4.89. The van der Waals surface area contributed by atoms with Gasteiger partial charge >= 0.3 is 6.03 Å². The number of nitrogens with one attached hydrogen (secondary N) is 2. The van der Waals surface area contributed by atoms with Crippen molar-refractivity contribution in [1.82, 2.24) is 0 Å². The van der Waals surface area contributed by atoms with E-state index in [9.17, 15) is 14.0 Å². The Bertz CT molecular complexity index is 627. The summed E-state index contributed by atoms with van der Waals surface area (Å²) in [5.41, 5.74) is 1.63. The van der Waals surface area contributed by atoms with E-state index >= 15 is 0 Å². The first-order valence-corrected chi connectivity index (χ1v) is 5.99. The maximum Gasteiger partial charge on any atom is 0.323 e. The van der Waals surface area contributed by atoms with Crippen LogP contribution in [0.4, 0.5) is 20.6 Å². The number of hydrogen-bond donors (Lipinski definition) is 2. The second-order valence-electron chi connectivity index (χ2n) is 4.22. The minimum Gasteiger partial charge on any atom is -0.308 e. The molecular formula is C15H14ClFN2O2. The number of Topliss-reactive ketones (excluding diaryl/α,β-unsaturated/α-hetero) is 1. The summed E-state index contributed by atoms with van der Waals surface area (Å²) in [6, 6.07) is 11.6. The molecule has 2 amide bonds. The Kier molecular flexibility index (Phi) is 5.87. The molecule has 0 radical (unpaired) electrons. The Balaban J connectivity index is 0.00000220. The van der Waals surface area contributed by atoms with E-state index in [2.05, 4.69) is 10.6 Å². The van der Waals surface area contributed by atoms with Gasteiger partial charge in [-0.3, -0.25) is 4.79 Å². The number of halogens is 2. The number of carbonyl (C=O) groups excluding carboxylic acids is 2. The summed E-state index contributed by atoms with van der Waals surface area (Å²) in [7, 11) is 0. The van der Waals surface area contributed by atoms with Gasteiger partial charge in [0.15, 0.2) is 5.78 Å². The van der Waals surface area contributed by atoms with Gasteiger partial charge in [-0.05, 0) is 55.5 Å². The van der Waals surface area contributed by atoms with E-state index in [1.54, 1.807) is 24.3 Å². The van der Waals surface area contributed by atoms with Crippen molar-refractivity contribution in [3.05, 3.63) is 59.9 Å². The third-order valence-corrected chi connectivity index (χ3v) is 2.65. The second-order valence-corrected chi connectivity index (χ2v) is 4.22. The van der Waals surface area contributed by atoms with Gasteiger partial charge < -0.3 is 10.6 Å². The molecule has 6 heteroatoms. The molecule has 0 heterocycles. The molecule has 0 atom stereocenters. The Labute approximate surface area is 127 Å². The molecule has 4 nitrogen and oxygen atoms in total. The lowest BCUT2D eigenvalue weighted by atomic mass is 10.1.